The second-order valence-corrected chi connectivity index (χ2v) is 4.86. The van der Waals surface area contributed by atoms with Crippen molar-refractivity contribution in [2.45, 2.75) is 13.3 Å². The molecule has 0 spiro atoms. The van der Waals surface area contributed by atoms with E-state index in [1.54, 1.807) is 18.2 Å². The molecule has 2 aromatic carbocycles. The van der Waals surface area contributed by atoms with E-state index in [1.165, 1.54) is 24.3 Å². The summed E-state index contributed by atoms with van der Waals surface area (Å²) in [6.45, 7) is 2.53. The van der Waals surface area contributed by atoms with Crippen molar-refractivity contribution in [2.75, 3.05) is 17.7 Å². The summed E-state index contributed by atoms with van der Waals surface area (Å²) in [5.41, 5.74) is 6.82. The van der Waals surface area contributed by atoms with E-state index < -0.39 is 10.8 Å². The third kappa shape index (κ3) is 4.19. The van der Waals surface area contributed by atoms with Gasteiger partial charge in [0.1, 0.15) is 5.75 Å². The lowest BCUT2D eigenvalue weighted by atomic mass is 10.1. The number of benzene rings is 2. The first-order valence-corrected chi connectivity index (χ1v) is 7.09. The van der Waals surface area contributed by atoms with Crippen molar-refractivity contribution in [1.29, 1.82) is 0 Å². The van der Waals surface area contributed by atoms with Crippen molar-refractivity contribution >= 4 is 23.0 Å². The lowest BCUT2D eigenvalue weighted by Crippen LogP contribution is -2.12. The Morgan fingerprint density at radius 1 is 1.30 bits per heavy atom. The molecule has 0 bridgehead atoms. The lowest BCUT2D eigenvalue weighted by molar-refractivity contribution is -0.384. The molecule has 0 aliphatic rings. The molecule has 0 aliphatic carbocycles. The first-order valence-electron chi connectivity index (χ1n) is 7.09. The molecule has 0 unspecified atom stereocenters. The van der Waals surface area contributed by atoms with Gasteiger partial charge in [-0.2, -0.15) is 0 Å². The number of nitrogen functional groups attached to an aromatic ring is 1. The average molecular weight is 315 g/mol. The first kappa shape index (κ1) is 16.3. The summed E-state index contributed by atoms with van der Waals surface area (Å²) < 4.78 is 5.45. The van der Waals surface area contributed by atoms with Crippen LogP contribution in [0.2, 0.25) is 0 Å². The zero-order valence-corrected chi connectivity index (χ0v) is 12.6. The largest absolute Gasteiger partial charge is 0.491 e. The highest BCUT2D eigenvalue weighted by molar-refractivity contribution is 6.05. The number of hydrogen-bond acceptors (Lipinski definition) is 5. The Bertz CT molecular complexity index is 731. The minimum atomic E-state index is -0.520. The molecule has 7 nitrogen and oxygen atoms in total. The first-order chi connectivity index (χ1) is 11.0. The smallest absolute Gasteiger partial charge is 0.271 e. The van der Waals surface area contributed by atoms with Crippen molar-refractivity contribution in [3.05, 3.63) is 58.1 Å². The molecule has 0 saturated heterocycles. The number of nitro benzene ring substituents is 1. The van der Waals surface area contributed by atoms with E-state index in [1.807, 2.05) is 6.92 Å². The monoisotopic (exact) mass is 315 g/mol. The van der Waals surface area contributed by atoms with Gasteiger partial charge in [-0.25, -0.2) is 0 Å². The number of nitrogens with zero attached hydrogens (tertiary/aromatic N) is 1. The van der Waals surface area contributed by atoms with Gasteiger partial charge in [-0.3, -0.25) is 14.9 Å². The predicted molar refractivity (Wildman–Crippen MR) is 87.7 cm³/mol. The van der Waals surface area contributed by atoms with Crippen LogP contribution in [0.15, 0.2) is 42.5 Å². The Morgan fingerprint density at radius 2 is 2.09 bits per heavy atom. The molecule has 7 heteroatoms. The van der Waals surface area contributed by atoms with Gasteiger partial charge >= 0.3 is 0 Å². The molecule has 1 amide bonds. The van der Waals surface area contributed by atoms with Gasteiger partial charge in [0.25, 0.3) is 11.6 Å². The van der Waals surface area contributed by atoms with Crippen LogP contribution in [-0.2, 0) is 0 Å². The number of hydrogen-bond donors (Lipinski definition) is 2. The van der Waals surface area contributed by atoms with Crippen LogP contribution in [0, 0.1) is 10.1 Å². The minimum Gasteiger partial charge on any atom is -0.491 e. The zero-order valence-electron chi connectivity index (χ0n) is 12.6. The Balaban J connectivity index is 2.13. The van der Waals surface area contributed by atoms with Crippen LogP contribution in [0.4, 0.5) is 17.1 Å². The molecule has 0 fully saturated rings. The van der Waals surface area contributed by atoms with Crippen LogP contribution < -0.4 is 15.8 Å². The van der Waals surface area contributed by atoms with E-state index >= 15 is 0 Å². The van der Waals surface area contributed by atoms with E-state index in [2.05, 4.69) is 5.32 Å². The van der Waals surface area contributed by atoms with Crippen molar-refractivity contribution in [2.24, 2.45) is 0 Å². The maximum absolute atomic E-state index is 12.2. The van der Waals surface area contributed by atoms with Crippen molar-refractivity contribution in [1.82, 2.24) is 0 Å². The molecule has 2 aromatic rings. The minimum absolute atomic E-state index is 0.0920. The highest BCUT2D eigenvalue weighted by atomic mass is 16.6. The SMILES string of the molecule is CCCOc1ccc(C(=O)Nc2cccc([N+](=O)[O-])c2)cc1N. The summed E-state index contributed by atoms with van der Waals surface area (Å²) in [6.07, 6.45) is 0.856. The number of carbonyl (C=O) groups excluding carboxylic acids is 1. The average Bonchev–Trinajstić information content (AvgIpc) is 2.53. The fourth-order valence-corrected chi connectivity index (χ4v) is 1.93. The zero-order chi connectivity index (χ0) is 16.8. The van der Waals surface area contributed by atoms with Crippen molar-refractivity contribution in [3.63, 3.8) is 0 Å². The van der Waals surface area contributed by atoms with Crippen LogP contribution >= 0.6 is 0 Å². The standard InChI is InChI=1S/C16H17N3O4/c1-2-8-23-15-7-6-11(9-14(15)17)16(20)18-12-4-3-5-13(10-12)19(21)22/h3-7,9-10H,2,8,17H2,1H3,(H,18,20). The molecule has 3 N–H and O–H groups in total. The lowest BCUT2D eigenvalue weighted by Gasteiger charge is -2.10. The summed E-state index contributed by atoms with van der Waals surface area (Å²) in [5.74, 6) is 0.123. The number of anilines is 2. The van der Waals surface area contributed by atoms with Gasteiger partial charge in [0.2, 0.25) is 0 Å². The van der Waals surface area contributed by atoms with E-state index in [-0.39, 0.29) is 5.69 Å². The van der Waals surface area contributed by atoms with E-state index in [0.29, 0.717) is 29.3 Å². The van der Waals surface area contributed by atoms with Crippen LogP contribution in [0.25, 0.3) is 0 Å². The molecule has 120 valence electrons. The van der Waals surface area contributed by atoms with Gasteiger partial charge in [-0.1, -0.05) is 13.0 Å². The topological polar surface area (TPSA) is 107 Å². The molecule has 0 saturated carbocycles. The van der Waals surface area contributed by atoms with Gasteiger partial charge in [0.15, 0.2) is 0 Å². The molecule has 2 rings (SSSR count). The quantitative estimate of drug-likeness (QED) is 0.483. The molecule has 0 heterocycles. The number of carbonyl (C=O) groups is 1. The molecule has 23 heavy (non-hydrogen) atoms. The van der Waals surface area contributed by atoms with Crippen molar-refractivity contribution < 1.29 is 14.5 Å². The number of non-ortho nitro benzene ring substituents is 1. The van der Waals surface area contributed by atoms with Gasteiger partial charge in [-0.05, 0) is 30.7 Å². The number of nitrogens with one attached hydrogen (secondary N) is 1. The van der Waals surface area contributed by atoms with Gasteiger partial charge < -0.3 is 15.8 Å². The summed E-state index contributed by atoms with van der Waals surface area (Å²) in [4.78, 5) is 22.4. The van der Waals surface area contributed by atoms with E-state index in [4.69, 9.17) is 10.5 Å². The molecular weight excluding hydrogens is 298 g/mol. The highest BCUT2D eigenvalue weighted by Crippen LogP contribution is 2.24. The maximum Gasteiger partial charge on any atom is 0.271 e. The third-order valence-electron chi connectivity index (χ3n) is 3.05. The number of amides is 1. The molecule has 0 aromatic heterocycles. The van der Waals surface area contributed by atoms with E-state index in [9.17, 15) is 14.9 Å². The third-order valence-corrected chi connectivity index (χ3v) is 3.05. The number of rotatable bonds is 6. The molecule has 0 aliphatic heterocycles. The maximum atomic E-state index is 12.2. The summed E-state index contributed by atoms with van der Waals surface area (Å²) in [6, 6.07) is 10.5. The Morgan fingerprint density at radius 3 is 2.74 bits per heavy atom. The molecule has 0 atom stereocenters. The van der Waals surface area contributed by atoms with Crippen LogP contribution in [-0.4, -0.2) is 17.4 Å². The fourth-order valence-electron chi connectivity index (χ4n) is 1.93. The molecular formula is C16H17N3O4. The Labute approximate surface area is 133 Å². The second kappa shape index (κ2) is 7.26. The number of nitro groups is 1. The van der Waals surface area contributed by atoms with Crippen LogP contribution in [0.3, 0.4) is 0 Å². The van der Waals surface area contributed by atoms with Crippen LogP contribution in [0.5, 0.6) is 5.75 Å². The normalized spacial score (nSPS) is 10.1. The van der Waals surface area contributed by atoms with Gasteiger partial charge in [-0.15, -0.1) is 0 Å². The Hall–Kier alpha value is -3.09. The van der Waals surface area contributed by atoms with Gasteiger partial charge in [0.05, 0.1) is 17.2 Å². The molecule has 0 radical (unpaired) electrons. The number of ether oxygens (including phenoxy) is 1. The van der Waals surface area contributed by atoms with Gasteiger partial charge in [0, 0.05) is 23.4 Å². The summed E-state index contributed by atoms with van der Waals surface area (Å²) in [5, 5.41) is 13.3. The predicted octanol–water partition coefficient (Wildman–Crippen LogP) is 3.22. The summed E-state index contributed by atoms with van der Waals surface area (Å²) in [7, 11) is 0. The second-order valence-electron chi connectivity index (χ2n) is 4.86. The van der Waals surface area contributed by atoms with Crippen LogP contribution in [0.1, 0.15) is 23.7 Å². The fraction of sp³-hybridized carbons (Fsp3) is 0.188. The Kier molecular flexibility index (Phi) is 5.14. The van der Waals surface area contributed by atoms with Crippen molar-refractivity contribution in [3.8, 4) is 5.75 Å². The highest BCUT2D eigenvalue weighted by Gasteiger charge is 2.11. The van der Waals surface area contributed by atoms with E-state index in [0.717, 1.165) is 6.42 Å². The summed E-state index contributed by atoms with van der Waals surface area (Å²) >= 11 is 0. The number of nitrogens with two attached hydrogens (primary N) is 1.